The van der Waals surface area contributed by atoms with Crippen molar-refractivity contribution in [3.8, 4) is 0 Å². The van der Waals surface area contributed by atoms with E-state index in [2.05, 4.69) is 47.1 Å². The summed E-state index contributed by atoms with van der Waals surface area (Å²) in [6.07, 6.45) is 1.69. The number of hydrogen-bond acceptors (Lipinski definition) is 4. The highest BCUT2D eigenvalue weighted by Gasteiger charge is 2.28. The standard InChI is InChI=1S/C25H32N4O2/c1-18-10-5-6-11-19(18)16-29-22-14-8-7-13-21(22)27-23(29)26-20-12-9-15-28(17-20)24(30)31-25(2,3)4/h5-8,10-11,13-14,20H,9,12,15-17H2,1-4H3,(H,26,27). The molecule has 2 aromatic carbocycles. The Morgan fingerprint density at radius 2 is 1.90 bits per heavy atom. The average Bonchev–Trinajstić information content (AvgIpc) is 3.06. The van der Waals surface area contributed by atoms with E-state index in [-0.39, 0.29) is 12.1 Å². The molecule has 0 bridgehead atoms. The fraction of sp³-hybridized carbons (Fsp3) is 0.440. The van der Waals surface area contributed by atoms with E-state index in [1.165, 1.54) is 11.1 Å². The van der Waals surface area contributed by atoms with Crippen molar-refractivity contribution in [3.05, 3.63) is 59.7 Å². The van der Waals surface area contributed by atoms with Gasteiger partial charge in [-0.25, -0.2) is 9.78 Å². The summed E-state index contributed by atoms with van der Waals surface area (Å²) in [5.74, 6) is 0.848. The zero-order valence-electron chi connectivity index (χ0n) is 18.9. The molecule has 1 unspecified atom stereocenters. The van der Waals surface area contributed by atoms with Gasteiger partial charge in [0.2, 0.25) is 5.95 Å². The molecular formula is C25H32N4O2. The number of amides is 1. The molecule has 0 aliphatic carbocycles. The van der Waals surface area contributed by atoms with Crippen LogP contribution in [-0.4, -0.2) is 45.3 Å². The Morgan fingerprint density at radius 1 is 1.16 bits per heavy atom. The summed E-state index contributed by atoms with van der Waals surface area (Å²) < 4.78 is 7.82. The van der Waals surface area contributed by atoms with Gasteiger partial charge in [0.05, 0.1) is 17.6 Å². The number of hydrogen-bond donors (Lipinski definition) is 1. The summed E-state index contributed by atoms with van der Waals surface area (Å²) in [5, 5.41) is 3.63. The smallest absolute Gasteiger partial charge is 0.410 e. The van der Waals surface area contributed by atoms with Crippen molar-refractivity contribution in [3.63, 3.8) is 0 Å². The van der Waals surface area contributed by atoms with Crippen LogP contribution in [0.15, 0.2) is 48.5 Å². The number of fused-ring (bicyclic) bond motifs is 1. The Bertz CT molecular complexity index is 1070. The molecule has 1 aliphatic heterocycles. The highest BCUT2D eigenvalue weighted by Crippen LogP contribution is 2.25. The molecule has 1 saturated heterocycles. The van der Waals surface area contributed by atoms with E-state index in [1.54, 1.807) is 4.90 Å². The Hall–Kier alpha value is -3.02. The van der Waals surface area contributed by atoms with Gasteiger partial charge in [0.15, 0.2) is 0 Å². The number of nitrogens with one attached hydrogen (secondary N) is 1. The van der Waals surface area contributed by atoms with E-state index < -0.39 is 5.60 Å². The van der Waals surface area contributed by atoms with Gasteiger partial charge in [-0.05, 0) is 63.8 Å². The normalized spacial score (nSPS) is 17.0. The lowest BCUT2D eigenvalue weighted by molar-refractivity contribution is 0.0206. The van der Waals surface area contributed by atoms with Crippen molar-refractivity contribution in [2.24, 2.45) is 0 Å². The van der Waals surface area contributed by atoms with Crippen LogP contribution in [0.5, 0.6) is 0 Å². The molecule has 0 radical (unpaired) electrons. The first-order valence-electron chi connectivity index (χ1n) is 11.0. The number of rotatable bonds is 4. The zero-order chi connectivity index (χ0) is 22.0. The van der Waals surface area contributed by atoms with Crippen molar-refractivity contribution >= 4 is 23.1 Å². The molecule has 164 valence electrons. The summed E-state index contributed by atoms with van der Waals surface area (Å²) >= 11 is 0. The Kier molecular flexibility index (Phi) is 5.90. The second-order valence-electron chi connectivity index (χ2n) is 9.35. The van der Waals surface area contributed by atoms with Gasteiger partial charge in [-0.15, -0.1) is 0 Å². The van der Waals surface area contributed by atoms with Gasteiger partial charge in [0.25, 0.3) is 0 Å². The molecule has 1 atom stereocenters. The van der Waals surface area contributed by atoms with Crippen LogP contribution >= 0.6 is 0 Å². The number of anilines is 1. The minimum absolute atomic E-state index is 0.133. The van der Waals surface area contributed by atoms with Crippen LogP contribution in [0.3, 0.4) is 0 Å². The third-order valence-corrected chi connectivity index (χ3v) is 5.65. The predicted molar refractivity (Wildman–Crippen MR) is 124 cm³/mol. The SMILES string of the molecule is Cc1ccccc1Cn1c(NC2CCCN(C(=O)OC(C)(C)C)C2)nc2ccccc21. The fourth-order valence-electron chi connectivity index (χ4n) is 4.07. The molecule has 0 saturated carbocycles. The van der Waals surface area contributed by atoms with Crippen LogP contribution in [0, 0.1) is 6.92 Å². The monoisotopic (exact) mass is 420 g/mol. The minimum Gasteiger partial charge on any atom is -0.444 e. The van der Waals surface area contributed by atoms with E-state index >= 15 is 0 Å². The van der Waals surface area contributed by atoms with Crippen LogP contribution in [0.4, 0.5) is 10.7 Å². The van der Waals surface area contributed by atoms with Gasteiger partial charge >= 0.3 is 6.09 Å². The number of carbonyl (C=O) groups is 1. The van der Waals surface area contributed by atoms with Crippen LogP contribution in [0.25, 0.3) is 11.0 Å². The number of carbonyl (C=O) groups excluding carboxylic acids is 1. The quantitative estimate of drug-likeness (QED) is 0.630. The average molecular weight is 421 g/mol. The van der Waals surface area contributed by atoms with E-state index in [0.717, 1.165) is 42.9 Å². The molecule has 1 fully saturated rings. The van der Waals surface area contributed by atoms with Crippen LogP contribution < -0.4 is 5.32 Å². The summed E-state index contributed by atoms with van der Waals surface area (Å²) in [7, 11) is 0. The Balaban J connectivity index is 1.57. The molecule has 2 heterocycles. The van der Waals surface area contributed by atoms with Crippen LogP contribution in [-0.2, 0) is 11.3 Å². The third kappa shape index (κ3) is 5.01. The highest BCUT2D eigenvalue weighted by molar-refractivity contribution is 5.79. The fourth-order valence-corrected chi connectivity index (χ4v) is 4.07. The van der Waals surface area contributed by atoms with Crippen molar-refractivity contribution in [2.75, 3.05) is 18.4 Å². The minimum atomic E-state index is -0.487. The summed E-state index contributed by atoms with van der Waals surface area (Å²) in [6, 6.07) is 16.8. The lowest BCUT2D eigenvalue weighted by atomic mass is 10.1. The molecule has 0 spiro atoms. The molecule has 4 rings (SSSR count). The van der Waals surface area contributed by atoms with Gasteiger partial charge in [-0.3, -0.25) is 0 Å². The number of nitrogens with zero attached hydrogens (tertiary/aromatic N) is 3. The number of ether oxygens (including phenoxy) is 1. The van der Waals surface area contributed by atoms with Gasteiger partial charge < -0.3 is 19.5 Å². The van der Waals surface area contributed by atoms with Crippen molar-refractivity contribution < 1.29 is 9.53 Å². The van der Waals surface area contributed by atoms with E-state index in [9.17, 15) is 4.79 Å². The molecule has 1 aromatic heterocycles. The van der Waals surface area contributed by atoms with Crippen LogP contribution in [0.1, 0.15) is 44.7 Å². The number of likely N-dealkylation sites (tertiary alicyclic amines) is 1. The molecule has 6 nitrogen and oxygen atoms in total. The third-order valence-electron chi connectivity index (χ3n) is 5.65. The van der Waals surface area contributed by atoms with E-state index in [1.807, 2.05) is 39.0 Å². The molecule has 1 amide bonds. The number of imidazole rings is 1. The van der Waals surface area contributed by atoms with E-state index in [0.29, 0.717) is 6.54 Å². The summed E-state index contributed by atoms with van der Waals surface area (Å²) in [6.45, 7) is 9.93. The number of benzene rings is 2. The van der Waals surface area contributed by atoms with Gasteiger partial charge in [-0.2, -0.15) is 0 Å². The highest BCUT2D eigenvalue weighted by atomic mass is 16.6. The largest absolute Gasteiger partial charge is 0.444 e. The first-order valence-corrected chi connectivity index (χ1v) is 11.0. The van der Waals surface area contributed by atoms with Crippen molar-refractivity contribution in [1.29, 1.82) is 0 Å². The lowest BCUT2D eigenvalue weighted by Crippen LogP contribution is -2.47. The number of piperidine rings is 1. The van der Waals surface area contributed by atoms with Crippen molar-refractivity contribution in [1.82, 2.24) is 14.5 Å². The zero-order valence-corrected chi connectivity index (χ0v) is 18.9. The molecule has 6 heteroatoms. The van der Waals surface area contributed by atoms with Gasteiger partial charge in [-0.1, -0.05) is 36.4 Å². The Labute approximate surface area is 184 Å². The van der Waals surface area contributed by atoms with E-state index in [4.69, 9.17) is 9.72 Å². The molecule has 1 aliphatic rings. The van der Waals surface area contributed by atoms with Crippen molar-refractivity contribution in [2.45, 2.75) is 58.7 Å². The predicted octanol–water partition coefficient (Wildman–Crippen LogP) is 5.20. The first kappa shape index (κ1) is 21.2. The maximum atomic E-state index is 12.6. The second kappa shape index (κ2) is 8.61. The maximum Gasteiger partial charge on any atom is 0.410 e. The topological polar surface area (TPSA) is 59.4 Å². The molecule has 3 aromatic rings. The molecule has 31 heavy (non-hydrogen) atoms. The van der Waals surface area contributed by atoms with Crippen LogP contribution in [0.2, 0.25) is 0 Å². The van der Waals surface area contributed by atoms with Gasteiger partial charge in [0, 0.05) is 19.1 Å². The molecule has 1 N–H and O–H groups in total. The lowest BCUT2D eigenvalue weighted by Gasteiger charge is -2.34. The Morgan fingerprint density at radius 3 is 2.68 bits per heavy atom. The number of aromatic nitrogens is 2. The maximum absolute atomic E-state index is 12.6. The number of aryl methyl sites for hydroxylation is 1. The van der Waals surface area contributed by atoms with Gasteiger partial charge in [0.1, 0.15) is 5.60 Å². The summed E-state index contributed by atoms with van der Waals surface area (Å²) in [5.41, 5.74) is 4.12. The summed E-state index contributed by atoms with van der Waals surface area (Å²) in [4.78, 5) is 19.2. The second-order valence-corrected chi connectivity index (χ2v) is 9.35. The number of para-hydroxylation sites is 2. The molecular weight excluding hydrogens is 388 g/mol. The first-order chi connectivity index (χ1) is 14.8.